The molecule has 0 aromatic heterocycles. The fourth-order valence-electron chi connectivity index (χ4n) is 1.87. The van der Waals surface area contributed by atoms with E-state index in [0.717, 1.165) is 18.8 Å². The summed E-state index contributed by atoms with van der Waals surface area (Å²) in [5.74, 6) is 0. The summed E-state index contributed by atoms with van der Waals surface area (Å²) in [5, 5.41) is 13.0. The van der Waals surface area contributed by atoms with Crippen molar-refractivity contribution in [1.82, 2.24) is 4.90 Å². The van der Waals surface area contributed by atoms with Crippen LogP contribution in [0.3, 0.4) is 0 Å². The van der Waals surface area contributed by atoms with Crippen LogP contribution >= 0.6 is 0 Å². The first kappa shape index (κ1) is 9.49. The molecular formula is C11H16N2O. The average Bonchev–Trinajstić information content (AvgIpc) is 2.47. The lowest BCUT2D eigenvalue weighted by molar-refractivity contribution is 0.174. The van der Waals surface area contributed by atoms with Crippen LogP contribution < -0.4 is 5.32 Å². The fraction of sp³-hybridized carbons (Fsp3) is 0.455. The van der Waals surface area contributed by atoms with E-state index < -0.39 is 0 Å². The van der Waals surface area contributed by atoms with Gasteiger partial charge < -0.3 is 15.3 Å². The second kappa shape index (κ2) is 3.98. The van der Waals surface area contributed by atoms with E-state index in [1.54, 1.807) is 0 Å². The van der Waals surface area contributed by atoms with Gasteiger partial charge >= 0.3 is 0 Å². The Morgan fingerprint density at radius 1 is 1.29 bits per heavy atom. The van der Waals surface area contributed by atoms with Crippen molar-refractivity contribution in [2.45, 2.75) is 12.1 Å². The Kier molecular flexibility index (Phi) is 2.70. The highest BCUT2D eigenvalue weighted by Gasteiger charge is 2.28. The van der Waals surface area contributed by atoms with Gasteiger partial charge in [-0.2, -0.15) is 0 Å². The number of para-hydroxylation sites is 1. The third kappa shape index (κ3) is 2.05. The van der Waals surface area contributed by atoms with Crippen LogP contribution in [0.15, 0.2) is 30.3 Å². The number of likely N-dealkylation sites (tertiary alicyclic amines) is 1. The maximum absolute atomic E-state index is 9.72. The van der Waals surface area contributed by atoms with Crippen LogP contribution in [0.1, 0.15) is 0 Å². The molecule has 1 aromatic carbocycles. The molecule has 1 saturated heterocycles. The minimum atomic E-state index is -0.264. The van der Waals surface area contributed by atoms with Crippen molar-refractivity contribution >= 4 is 5.69 Å². The number of β-amino-alcohol motifs (C(OH)–C–C–N with tert-alkyl or cyclic N) is 1. The monoisotopic (exact) mass is 192 g/mol. The van der Waals surface area contributed by atoms with E-state index >= 15 is 0 Å². The number of rotatable bonds is 2. The first-order valence-electron chi connectivity index (χ1n) is 4.94. The van der Waals surface area contributed by atoms with E-state index in [9.17, 15) is 5.11 Å². The first-order valence-corrected chi connectivity index (χ1v) is 4.94. The van der Waals surface area contributed by atoms with Gasteiger partial charge in [-0.3, -0.25) is 0 Å². The molecule has 2 rings (SSSR count). The highest BCUT2D eigenvalue weighted by Crippen LogP contribution is 2.14. The number of aliphatic hydroxyl groups is 1. The SMILES string of the molecule is CN1CC(O)C(Nc2ccccc2)C1. The predicted molar refractivity (Wildman–Crippen MR) is 57.4 cm³/mol. The van der Waals surface area contributed by atoms with E-state index in [-0.39, 0.29) is 12.1 Å². The van der Waals surface area contributed by atoms with Gasteiger partial charge in [0.2, 0.25) is 0 Å². The van der Waals surface area contributed by atoms with Crippen molar-refractivity contribution in [2.75, 3.05) is 25.5 Å². The van der Waals surface area contributed by atoms with Crippen molar-refractivity contribution in [3.8, 4) is 0 Å². The number of likely N-dealkylation sites (N-methyl/N-ethyl adjacent to an activating group) is 1. The second-order valence-electron chi connectivity index (χ2n) is 3.91. The standard InChI is InChI=1S/C11H16N2O/c1-13-7-10(11(14)8-13)12-9-5-3-2-4-6-9/h2-6,10-12,14H,7-8H2,1H3. The molecule has 1 aliphatic heterocycles. The van der Waals surface area contributed by atoms with Crippen LogP contribution in [-0.4, -0.2) is 42.3 Å². The van der Waals surface area contributed by atoms with Gasteiger partial charge in [0.05, 0.1) is 12.1 Å². The zero-order valence-electron chi connectivity index (χ0n) is 8.35. The van der Waals surface area contributed by atoms with Crippen molar-refractivity contribution in [1.29, 1.82) is 0 Å². The summed E-state index contributed by atoms with van der Waals surface area (Å²) in [5.41, 5.74) is 1.08. The van der Waals surface area contributed by atoms with E-state index in [2.05, 4.69) is 10.2 Å². The molecule has 3 nitrogen and oxygen atoms in total. The molecule has 1 fully saturated rings. The number of hydrogen-bond acceptors (Lipinski definition) is 3. The summed E-state index contributed by atoms with van der Waals surface area (Å²) in [6.45, 7) is 1.65. The third-order valence-electron chi connectivity index (χ3n) is 2.60. The summed E-state index contributed by atoms with van der Waals surface area (Å²) in [6, 6.07) is 10.2. The van der Waals surface area contributed by atoms with Gasteiger partial charge in [-0.05, 0) is 19.2 Å². The Bertz CT molecular complexity index is 289. The summed E-state index contributed by atoms with van der Waals surface area (Å²) >= 11 is 0. The van der Waals surface area contributed by atoms with Gasteiger partial charge in [-0.25, -0.2) is 0 Å². The van der Waals surface area contributed by atoms with Crippen LogP contribution in [0.25, 0.3) is 0 Å². The number of nitrogens with one attached hydrogen (secondary N) is 1. The lowest BCUT2D eigenvalue weighted by Crippen LogP contribution is -2.31. The largest absolute Gasteiger partial charge is 0.390 e. The fourth-order valence-corrected chi connectivity index (χ4v) is 1.87. The Morgan fingerprint density at radius 3 is 2.57 bits per heavy atom. The van der Waals surface area contributed by atoms with Gasteiger partial charge in [0.25, 0.3) is 0 Å². The van der Waals surface area contributed by atoms with Crippen LogP contribution in [0.4, 0.5) is 5.69 Å². The van der Waals surface area contributed by atoms with Gasteiger partial charge in [0.15, 0.2) is 0 Å². The third-order valence-corrected chi connectivity index (χ3v) is 2.60. The molecule has 2 unspecified atom stereocenters. The highest BCUT2D eigenvalue weighted by atomic mass is 16.3. The zero-order chi connectivity index (χ0) is 9.97. The van der Waals surface area contributed by atoms with Crippen LogP contribution in [0.2, 0.25) is 0 Å². The molecular weight excluding hydrogens is 176 g/mol. The summed E-state index contributed by atoms with van der Waals surface area (Å²) < 4.78 is 0. The topological polar surface area (TPSA) is 35.5 Å². The lowest BCUT2D eigenvalue weighted by atomic mass is 10.2. The minimum Gasteiger partial charge on any atom is -0.390 e. The van der Waals surface area contributed by atoms with Crippen molar-refractivity contribution in [3.05, 3.63) is 30.3 Å². The molecule has 0 bridgehead atoms. The van der Waals surface area contributed by atoms with Gasteiger partial charge in [0.1, 0.15) is 0 Å². The molecule has 2 atom stereocenters. The normalized spacial score (nSPS) is 27.9. The molecule has 0 radical (unpaired) electrons. The summed E-state index contributed by atoms with van der Waals surface area (Å²) in [7, 11) is 2.02. The van der Waals surface area contributed by atoms with Crippen LogP contribution in [0, 0.1) is 0 Å². The maximum Gasteiger partial charge on any atom is 0.0880 e. The Hall–Kier alpha value is -1.06. The molecule has 14 heavy (non-hydrogen) atoms. The van der Waals surface area contributed by atoms with E-state index in [1.165, 1.54) is 0 Å². The zero-order valence-corrected chi connectivity index (χ0v) is 8.35. The predicted octanol–water partition coefficient (Wildman–Crippen LogP) is 0.773. The van der Waals surface area contributed by atoms with E-state index in [0.29, 0.717) is 0 Å². The van der Waals surface area contributed by atoms with E-state index in [1.807, 2.05) is 37.4 Å². The van der Waals surface area contributed by atoms with Crippen LogP contribution in [-0.2, 0) is 0 Å². The Labute approximate surface area is 84.4 Å². The molecule has 2 N–H and O–H groups in total. The Morgan fingerprint density at radius 2 is 2.00 bits per heavy atom. The van der Waals surface area contributed by atoms with Crippen LogP contribution in [0.5, 0.6) is 0 Å². The van der Waals surface area contributed by atoms with E-state index in [4.69, 9.17) is 0 Å². The molecule has 1 aliphatic rings. The summed E-state index contributed by atoms with van der Waals surface area (Å²) in [6.07, 6.45) is -0.264. The number of hydrogen-bond donors (Lipinski definition) is 2. The van der Waals surface area contributed by atoms with Crippen molar-refractivity contribution in [2.24, 2.45) is 0 Å². The van der Waals surface area contributed by atoms with Gasteiger partial charge in [-0.15, -0.1) is 0 Å². The molecule has 1 aromatic rings. The molecule has 0 amide bonds. The summed E-state index contributed by atoms with van der Waals surface area (Å²) in [4.78, 5) is 2.13. The molecule has 0 spiro atoms. The Balaban J connectivity index is 1.98. The second-order valence-corrected chi connectivity index (χ2v) is 3.91. The molecule has 0 aliphatic carbocycles. The quantitative estimate of drug-likeness (QED) is 0.726. The molecule has 76 valence electrons. The number of anilines is 1. The lowest BCUT2D eigenvalue weighted by Gasteiger charge is -2.16. The minimum absolute atomic E-state index is 0.155. The molecule has 0 saturated carbocycles. The van der Waals surface area contributed by atoms with Crippen molar-refractivity contribution in [3.63, 3.8) is 0 Å². The van der Waals surface area contributed by atoms with Gasteiger partial charge in [-0.1, -0.05) is 18.2 Å². The number of benzene rings is 1. The smallest absolute Gasteiger partial charge is 0.0880 e. The number of aliphatic hydroxyl groups excluding tert-OH is 1. The number of nitrogens with zero attached hydrogens (tertiary/aromatic N) is 1. The highest BCUT2D eigenvalue weighted by molar-refractivity contribution is 5.44. The maximum atomic E-state index is 9.72. The van der Waals surface area contributed by atoms with Gasteiger partial charge in [0, 0.05) is 18.8 Å². The molecule has 3 heteroatoms. The molecule has 1 heterocycles. The average molecular weight is 192 g/mol. The first-order chi connectivity index (χ1) is 6.75. The van der Waals surface area contributed by atoms with Crippen molar-refractivity contribution < 1.29 is 5.11 Å².